The van der Waals surface area contributed by atoms with Crippen LogP contribution >= 0.6 is 0 Å². The van der Waals surface area contributed by atoms with E-state index in [4.69, 9.17) is 0 Å². The molecule has 3 aromatic rings. The summed E-state index contributed by atoms with van der Waals surface area (Å²) in [6.07, 6.45) is 1.74. The third-order valence-corrected chi connectivity index (χ3v) is 3.18. The predicted molar refractivity (Wildman–Crippen MR) is 80.0 cm³/mol. The van der Waals surface area contributed by atoms with Crippen LogP contribution in [-0.4, -0.2) is 16.1 Å². The molecule has 20 heavy (non-hydrogen) atoms. The highest BCUT2D eigenvalue weighted by Crippen LogP contribution is 2.18. The van der Waals surface area contributed by atoms with Crippen LogP contribution in [0.1, 0.15) is 21.5 Å². The summed E-state index contributed by atoms with van der Waals surface area (Å²) in [4.78, 5) is 12.3. The quantitative estimate of drug-likeness (QED) is 0.745. The van der Waals surface area contributed by atoms with E-state index in [1.165, 1.54) is 0 Å². The molecule has 0 saturated heterocycles. The van der Waals surface area contributed by atoms with Crippen LogP contribution in [0.25, 0.3) is 10.9 Å². The Labute approximate surface area is 116 Å². The number of nitrogens with one attached hydrogen (secondary N) is 2. The van der Waals surface area contributed by atoms with E-state index in [2.05, 4.69) is 15.5 Å². The van der Waals surface area contributed by atoms with Crippen LogP contribution in [0.4, 0.5) is 5.69 Å². The van der Waals surface area contributed by atoms with E-state index in [1.807, 2.05) is 50.2 Å². The standard InChI is InChI=1S/C16H15N3O/c1-10-5-11(2)7-12(6-10)16(20)18-14-3-4-15-13(8-14)9-17-19-15/h3-9H,1-2H3,(H,17,19)(H,18,20). The van der Waals surface area contributed by atoms with Gasteiger partial charge in [0.25, 0.3) is 5.91 Å². The molecule has 0 atom stereocenters. The van der Waals surface area contributed by atoms with Crippen molar-refractivity contribution in [3.8, 4) is 0 Å². The Morgan fingerprint density at radius 3 is 2.60 bits per heavy atom. The number of benzene rings is 2. The molecule has 1 amide bonds. The molecule has 100 valence electrons. The maximum atomic E-state index is 12.3. The summed E-state index contributed by atoms with van der Waals surface area (Å²) in [7, 11) is 0. The lowest BCUT2D eigenvalue weighted by Crippen LogP contribution is -2.12. The lowest BCUT2D eigenvalue weighted by Gasteiger charge is -2.07. The number of carbonyl (C=O) groups excluding carboxylic acids is 1. The molecule has 0 spiro atoms. The molecule has 0 aliphatic carbocycles. The summed E-state index contributed by atoms with van der Waals surface area (Å²) in [5.74, 6) is -0.0976. The fourth-order valence-corrected chi connectivity index (χ4v) is 2.33. The van der Waals surface area contributed by atoms with E-state index in [9.17, 15) is 4.79 Å². The molecular weight excluding hydrogens is 250 g/mol. The van der Waals surface area contributed by atoms with Gasteiger partial charge in [-0.2, -0.15) is 5.10 Å². The first-order valence-corrected chi connectivity index (χ1v) is 6.44. The SMILES string of the molecule is Cc1cc(C)cc(C(=O)Nc2ccc3[nH]ncc3c2)c1. The lowest BCUT2D eigenvalue weighted by molar-refractivity contribution is 0.102. The molecule has 0 unspecified atom stereocenters. The van der Waals surface area contributed by atoms with Crippen LogP contribution in [0.3, 0.4) is 0 Å². The summed E-state index contributed by atoms with van der Waals surface area (Å²) < 4.78 is 0. The zero-order valence-corrected chi connectivity index (χ0v) is 11.4. The first-order chi connectivity index (χ1) is 9.61. The number of hydrogen-bond donors (Lipinski definition) is 2. The van der Waals surface area contributed by atoms with Crippen LogP contribution < -0.4 is 5.32 Å². The van der Waals surface area contributed by atoms with Gasteiger partial charge in [0, 0.05) is 16.6 Å². The van der Waals surface area contributed by atoms with Gasteiger partial charge in [-0.1, -0.05) is 17.2 Å². The topological polar surface area (TPSA) is 57.8 Å². The first-order valence-electron chi connectivity index (χ1n) is 6.44. The van der Waals surface area contributed by atoms with E-state index < -0.39 is 0 Å². The number of H-pyrrole nitrogens is 1. The molecule has 0 aliphatic heterocycles. The summed E-state index contributed by atoms with van der Waals surface area (Å²) >= 11 is 0. The van der Waals surface area contributed by atoms with Gasteiger partial charge in [-0.15, -0.1) is 0 Å². The number of fused-ring (bicyclic) bond motifs is 1. The van der Waals surface area contributed by atoms with Crippen molar-refractivity contribution in [1.82, 2.24) is 10.2 Å². The van der Waals surface area contributed by atoms with Gasteiger partial charge in [0.2, 0.25) is 0 Å². The third-order valence-electron chi connectivity index (χ3n) is 3.18. The smallest absolute Gasteiger partial charge is 0.255 e. The molecule has 4 heteroatoms. The van der Waals surface area contributed by atoms with Crippen LogP contribution in [0.15, 0.2) is 42.6 Å². The highest BCUT2D eigenvalue weighted by molar-refractivity contribution is 6.05. The molecule has 1 heterocycles. The number of amides is 1. The summed E-state index contributed by atoms with van der Waals surface area (Å²) in [5.41, 5.74) is 4.56. The molecule has 3 rings (SSSR count). The van der Waals surface area contributed by atoms with Crippen LogP contribution in [0.2, 0.25) is 0 Å². The maximum Gasteiger partial charge on any atom is 0.255 e. The summed E-state index contributed by atoms with van der Waals surface area (Å²) in [6, 6.07) is 11.5. The van der Waals surface area contributed by atoms with Crippen molar-refractivity contribution >= 4 is 22.5 Å². The Bertz CT molecular complexity index is 769. The summed E-state index contributed by atoms with van der Waals surface area (Å²) in [5, 5.41) is 10.7. The van der Waals surface area contributed by atoms with Crippen molar-refractivity contribution in [2.24, 2.45) is 0 Å². The first kappa shape index (κ1) is 12.4. The molecule has 0 radical (unpaired) electrons. The largest absolute Gasteiger partial charge is 0.322 e. The monoisotopic (exact) mass is 265 g/mol. The third kappa shape index (κ3) is 2.40. The fourth-order valence-electron chi connectivity index (χ4n) is 2.33. The number of aromatic amines is 1. The van der Waals surface area contributed by atoms with Crippen molar-refractivity contribution in [2.45, 2.75) is 13.8 Å². The van der Waals surface area contributed by atoms with Crippen molar-refractivity contribution in [2.75, 3.05) is 5.32 Å². The number of aromatic nitrogens is 2. The van der Waals surface area contributed by atoms with Gasteiger partial charge in [-0.05, 0) is 44.2 Å². The van der Waals surface area contributed by atoms with Gasteiger partial charge in [-0.3, -0.25) is 9.89 Å². The molecule has 0 bridgehead atoms. The second kappa shape index (κ2) is 4.81. The van der Waals surface area contributed by atoms with Crippen LogP contribution in [0.5, 0.6) is 0 Å². The van der Waals surface area contributed by atoms with E-state index in [0.29, 0.717) is 5.56 Å². The van der Waals surface area contributed by atoms with Gasteiger partial charge < -0.3 is 5.32 Å². The molecule has 0 fully saturated rings. The number of carbonyl (C=O) groups is 1. The minimum Gasteiger partial charge on any atom is -0.322 e. The van der Waals surface area contributed by atoms with Crippen molar-refractivity contribution in [3.63, 3.8) is 0 Å². The Morgan fingerprint density at radius 2 is 1.85 bits per heavy atom. The number of rotatable bonds is 2. The molecule has 0 aliphatic rings. The van der Waals surface area contributed by atoms with Crippen molar-refractivity contribution in [1.29, 1.82) is 0 Å². The van der Waals surface area contributed by atoms with E-state index >= 15 is 0 Å². The van der Waals surface area contributed by atoms with Crippen LogP contribution in [0, 0.1) is 13.8 Å². The Balaban J connectivity index is 1.87. The summed E-state index contributed by atoms with van der Waals surface area (Å²) in [6.45, 7) is 3.97. The lowest BCUT2D eigenvalue weighted by atomic mass is 10.1. The van der Waals surface area contributed by atoms with Gasteiger partial charge in [0.15, 0.2) is 0 Å². The van der Waals surface area contributed by atoms with Gasteiger partial charge in [0.1, 0.15) is 0 Å². The zero-order valence-electron chi connectivity index (χ0n) is 11.4. The number of nitrogens with zero attached hydrogens (tertiary/aromatic N) is 1. The normalized spacial score (nSPS) is 10.7. The zero-order chi connectivity index (χ0) is 14.1. The molecule has 0 saturated carbocycles. The average molecular weight is 265 g/mol. The second-order valence-electron chi connectivity index (χ2n) is 5.00. The van der Waals surface area contributed by atoms with Gasteiger partial charge in [0.05, 0.1) is 11.7 Å². The number of aryl methyl sites for hydroxylation is 2. The van der Waals surface area contributed by atoms with E-state index in [1.54, 1.807) is 6.20 Å². The minimum absolute atomic E-state index is 0.0976. The van der Waals surface area contributed by atoms with Crippen LogP contribution in [-0.2, 0) is 0 Å². The fraction of sp³-hybridized carbons (Fsp3) is 0.125. The predicted octanol–water partition coefficient (Wildman–Crippen LogP) is 3.43. The Kier molecular flexibility index (Phi) is 2.99. The average Bonchev–Trinajstić information content (AvgIpc) is 2.85. The highest BCUT2D eigenvalue weighted by atomic mass is 16.1. The van der Waals surface area contributed by atoms with Gasteiger partial charge >= 0.3 is 0 Å². The van der Waals surface area contributed by atoms with E-state index in [0.717, 1.165) is 27.7 Å². The number of anilines is 1. The molecule has 1 aromatic heterocycles. The molecule has 2 aromatic carbocycles. The second-order valence-corrected chi connectivity index (χ2v) is 5.00. The number of hydrogen-bond acceptors (Lipinski definition) is 2. The maximum absolute atomic E-state index is 12.3. The Morgan fingerprint density at radius 1 is 1.10 bits per heavy atom. The van der Waals surface area contributed by atoms with Crippen molar-refractivity contribution in [3.05, 3.63) is 59.3 Å². The van der Waals surface area contributed by atoms with E-state index in [-0.39, 0.29) is 5.91 Å². The van der Waals surface area contributed by atoms with Gasteiger partial charge in [-0.25, -0.2) is 0 Å². The van der Waals surface area contributed by atoms with Crippen molar-refractivity contribution < 1.29 is 4.79 Å². The molecule has 2 N–H and O–H groups in total. The molecule has 4 nitrogen and oxygen atoms in total. The minimum atomic E-state index is -0.0976. The molecular formula is C16H15N3O. The highest BCUT2D eigenvalue weighted by Gasteiger charge is 2.08. The Hall–Kier alpha value is -2.62.